The van der Waals surface area contributed by atoms with Crippen molar-refractivity contribution >= 4 is 10.0 Å². The number of sulfonamides is 1. The summed E-state index contributed by atoms with van der Waals surface area (Å²) < 4.78 is 61.8. The molecule has 4 nitrogen and oxygen atoms in total. The van der Waals surface area contributed by atoms with Crippen LogP contribution in [0.3, 0.4) is 0 Å². The van der Waals surface area contributed by atoms with Gasteiger partial charge in [0.15, 0.2) is 0 Å². The van der Waals surface area contributed by atoms with Gasteiger partial charge in [0.2, 0.25) is 10.0 Å². The van der Waals surface area contributed by atoms with Gasteiger partial charge in [0.05, 0.1) is 4.90 Å². The molecular weight excluding hydrogens is 259 g/mol. The lowest BCUT2D eigenvalue weighted by Crippen LogP contribution is -2.19. The summed E-state index contributed by atoms with van der Waals surface area (Å²) in [7, 11) is -4.07. The summed E-state index contributed by atoms with van der Waals surface area (Å²) in [6, 6.07) is 3.05. The maximum Gasteiger partial charge on any atom is 0.573 e. The molecule has 0 aliphatic rings. The summed E-state index contributed by atoms with van der Waals surface area (Å²) in [5.74, 6) is -0.612. The molecule has 0 aliphatic heterocycles. The molecule has 0 spiro atoms. The van der Waals surface area contributed by atoms with Crippen LogP contribution in [-0.2, 0) is 16.4 Å². The van der Waals surface area contributed by atoms with E-state index >= 15 is 0 Å². The number of alkyl halides is 3. The van der Waals surface area contributed by atoms with Crippen LogP contribution in [0.25, 0.3) is 0 Å². The van der Waals surface area contributed by atoms with Gasteiger partial charge in [-0.3, -0.25) is 0 Å². The molecule has 8 heteroatoms. The van der Waals surface area contributed by atoms with E-state index in [1.807, 2.05) is 0 Å². The Morgan fingerprint density at radius 3 is 2.35 bits per heavy atom. The van der Waals surface area contributed by atoms with Gasteiger partial charge in [-0.15, -0.1) is 13.2 Å². The fraction of sp³-hybridized carbons (Fsp3) is 0.333. The van der Waals surface area contributed by atoms with Crippen molar-refractivity contribution in [2.75, 3.05) is 0 Å². The summed E-state index contributed by atoms with van der Waals surface area (Å²) in [5, 5.41) is 4.90. The minimum atomic E-state index is -4.87. The van der Waals surface area contributed by atoms with Gasteiger partial charge in [0.1, 0.15) is 5.75 Å². The number of halogens is 3. The molecule has 0 fully saturated rings. The zero-order valence-electron chi connectivity index (χ0n) is 8.78. The molecule has 0 saturated heterocycles. The predicted octanol–water partition coefficient (Wildman–Crippen LogP) is 1.79. The normalized spacial score (nSPS) is 12.5. The van der Waals surface area contributed by atoms with E-state index in [2.05, 4.69) is 4.74 Å². The van der Waals surface area contributed by atoms with Crippen LogP contribution in [0.4, 0.5) is 13.2 Å². The van der Waals surface area contributed by atoms with Crippen molar-refractivity contribution in [3.63, 3.8) is 0 Å². The Labute approximate surface area is 96.2 Å². The molecule has 0 heterocycles. The van der Waals surface area contributed by atoms with Crippen molar-refractivity contribution in [2.45, 2.75) is 24.6 Å². The topological polar surface area (TPSA) is 69.4 Å². The van der Waals surface area contributed by atoms with E-state index in [-0.39, 0.29) is 4.90 Å². The van der Waals surface area contributed by atoms with Crippen molar-refractivity contribution in [2.24, 2.45) is 5.14 Å². The average molecular weight is 269 g/mol. The van der Waals surface area contributed by atoms with Crippen molar-refractivity contribution in [3.05, 3.63) is 23.8 Å². The molecule has 0 saturated carbocycles. The van der Waals surface area contributed by atoms with Gasteiger partial charge in [-0.05, 0) is 18.1 Å². The second-order valence-corrected chi connectivity index (χ2v) is 4.75. The number of nitrogens with two attached hydrogens (primary N) is 1. The van der Waals surface area contributed by atoms with E-state index in [1.165, 1.54) is 6.07 Å². The quantitative estimate of drug-likeness (QED) is 0.909. The standard InChI is InChI=1S/C9H10F3NO3S/c1-2-6-3-4-7(16-9(10,11)12)5-8(6)17(13,14)15/h3-5H,2H2,1H3,(H2,13,14,15). The first-order chi connectivity index (χ1) is 7.63. The number of primary sulfonamides is 1. The number of aryl methyl sites for hydroxylation is 1. The highest BCUT2D eigenvalue weighted by Crippen LogP contribution is 2.26. The fourth-order valence-corrected chi connectivity index (χ4v) is 2.15. The first-order valence-electron chi connectivity index (χ1n) is 4.55. The molecule has 2 N–H and O–H groups in total. The fourth-order valence-electron chi connectivity index (χ4n) is 1.29. The molecule has 0 amide bonds. The Balaban J connectivity index is 3.24. The summed E-state index contributed by atoms with van der Waals surface area (Å²) in [6.45, 7) is 1.66. The molecule has 1 aromatic rings. The second-order valence-electron chi connectivity index (χ2n) is 3.22. The zero-order valence-corrected chi connectivity index (χ0v) is 9.60. The molecule has 0 atom stereocenters. The zero-order chi connectivity index (χ0) is 13.3. The van der Waals surface area contributed by atoms with Crippen LogP contribution in [0.2, 0.25) is 0 Å². The van der Waals surface area contributed by atoms with E-state index in [0.29, 0.717) is 12.0 Å². The van der Waals surface area contributed by atoms with Gasteiger partial charge in [-0.1, -0.05) is 13.0 Å². The Morgan fingerprint density at radius 1 is 1.35 bits per heavy atom. The van der Waals surface area contributed by atoms with Gasteiger partial charge in [0, 0.05) is 6.07 Å². The molecule has 0 radical (unpaired) electrons. The first-order valence-corrected chi connectivity index (χ1v) is 6.09. The third-order valence-corrected chi connectivity index (χ3v) is 2.95. The highest BCUT2D eigenvalue weighted by molar-refractivity contribution is 7.89. The maximum absolute atomic E-state index is 11.9. The number of rotatable bonds is 3. The van der Waals surface area contributed by atoms with Crippen molar-refractivity contribution in [3.8, 4) is 5.75 Å². The van der Waals surface area contributed by atoms with Crippen LogP contribution >= 0.6 is 0 Å². The predicted molar refractivity (Wildman–Crippen MR) is 53.9 cm³/mol. The summed E-state index contributed by atoms with van der Waals surface area (Å²) in [4.78, 5) is -0.359. The van der Waals surface area contributed by atoms with E-state index < -0.39 is 22.1 Å². The van der Waals surface area contributed by atoms with Crippen LogP contribution in [0.15, 0.2) is 23.1 Å². The Bertz CT molecular complexity index is 511. The smallest absolute Gasteiger partial charge is 0.406 e. The average Bonchev–Trinajstić information content (AvgIpc) is 2.13. The van der Waals surface area contributed by atoms with Crippen LogP contribution in [0, 0.1) is 0 Å². The van der Waals surface area contributed by atoms with Crippen molar-refractivity contribution in [1.82, 2.24) is 0 Å². The van der Waals surface area contributed by atoms with Gasteiger partial charge in [-0.2, -0.15) is 0 Å². The maximum atomic E-state index is 11.9. The Kier molecular flexibility index (Phi) is 3.68. The summed E-state index contributed by atoms with van der Waals surface area (Å²) in [5.41, 5.74) is 0.335. The molecule has 0 bridgehead atoms. The lowest BCUT2D eigenvalue weighted by molar-refractivity contribution is -0.274. The van der Waals surface area contributed by atoms with Gasteiger partial charge in [-0.25, -0.2) is 13.6 Å². The third-order valence-electron chi connectivity index (χ3n) is 1.96. The van der Waals surface area contributed by atoms with Crippen LogP contribution in [0.5, 0.6) is 5.75 Å². The summed E-state index contributed by atoms with van der Waals surface area (Å²) >= 11 is 0. The molecule has 0 aromatic heterocycles. The SMILES string of the molecule is CCc1ccc(OC(F)(F)F)cc1S(N)(=O)=O. The highest BCUT2D eigenvalue weighted by atomic mass is 32.2. The molecule has 1 rings (SSSR count). The number of hydrogen-bond donors (Lipinski definition) is 1. The van der Waals surface area contributed by atoms with Gasteiger partial charge in [0.25, 0.3) is 0 Å². The van der Waals surface area contributed by atoms with Crippen molar-refractivity contribution < 1.29 is 26.3 Å². The lowest BCUT2D eigenvalue weighted by atomic mass is 10.2. The Morgan fingerprint density at radius 2 is 1.94 bits per heavy atom. The molecule has 1 aromatic carbocycles. The second kappa shape index (κ2) is 4.53. The molecule has 0 unspecified atom stereocenters. The summed E-state index contributed by atoms with van der Waals surface area (Å²) in [6.07, 6.45) is -4.54. The van der Waals surface area contributed by atoms with Crippen LogP contribution in [0.1, 0.15) is 12.5 Å². The largest absolute Gasteiger partial charge is 0.573 e. The lowest BCUT2D eigenvalue weighted by Gasteiger charge is -2.11. The monoisotopic (exact) mass is 269 g/mol. The van der Waals surface area contributed by atoms with Crippen molar-refractivity contribution in [1.29, 1.82) is 0 Å². The highest BCUT2D eigenvalue weighted by Gasteiger charge is 2.31. The van der Waals surface area contributed by atoms with Gasteiger partial charge >= 0.3 is 6.36 Å². The van der Waals surface area contributed by atoms with E-state index in [9.17, 15) is 21.6 Å². The minimum Gasteiger partial charge on any atom is -0.406 e. The molecule has 17 heavy (non-hydrogen) atoms. The van der Waals surface area contributed by atoms with E-state index in [1.54, 1.807) is 6.92 Å². The van der Waals surface area contributed by atoms with E-state index in [0.717, 1.165) is 12.1 Å². The molecule has 96 valence electrons. The number of hydrogen-bond acceptors (Lipinski definition) is 3. The minimum absolute atomic E-state index is 0.331. The Hall–Kier alpha value is -1.28. The van der Waals surface area contributed by atoms with E-state index in [4.69, 9.17) is 5.14 Å². The number of benzene rings is 1. The first kappa shape index (κ1) is 13.8. The molecule has 0 aliphatic carbocycles. The van der Waals surface area contributed by atoms with Crippen LogP contribution < -0.4 is 9.88 Å². The molecular formula is C9H10F3NO3S. The third kappa shape index (κ3) is 3.90. The van der Waals surface area contributed by atoms with Gasteiger partial charge < -0.3 is 4.74 Å². The number of ether oxygens (including phenoxy) is 1. The van der Waals surface area contributed by atoms with Crippen LogP contribution in [-0.4, -0.2) is 14.8 Å².